The summed E-state index contributed by atoms with van der Waals surface area (Å²) in [6, 6.07) is 16.5. The number of carbonyl (C=O) groups is 1. The molecule has 0 aromatic heterocycles. The van der Waals surface area contributed by atoms with Gasteiger partial charge >= 0.3 is 0 Å². The monoisotopic (exact) mass is 956 g/mol. The smallest absolute Gasteiger partial charge is 0.192 e. The van der Waals surface area contributed by atoms with Crippen molar-refractivity contribution in [3.05, 3.63) is 73.3 Å². The van der Waals surface area contributed by atoms with Crippen molar-refractivity contribution in [3.8, 4) is 0 Å². The van der Waals surface area contributed by atoms with Crippen LogP contribution in [0.1, 0.15) is 67.2 Å². The average molecular weight is 957 g/mol. The highest BCUT2D eigenvalue weighted by Crippen LogP contribution is 2.42. The molecule has 0 amide bonds. The summed E-state index contributed by atoms with van der Waals surface area (Å²) in [5, 5.41) is 29.1. The summed E-state index contributed by atoms with van der Waals surface area (Å²) in [5.74, 6) is -1.50. The van der Waals surface area contributed by atoms with E-state index in [0.29, 0.717) is 19.4 Å². The van der Waals surface area contributed by atoms with Crippen molar-refractivity contribution in [1.82, 2.24) is 0 Å². The Bertz CT molecular complexity index is 1930. The lowest BCUT2D eigenvalue weighted by molar-refractivity contribution is -0.111. The normalized spacial score (nSPS) is 25.8. The maximum absolute atomic E-state index is 13.3. The van der Waals surface area contributed by atoms with Gasteiger partial charge in [0.15, 0.2) is 36.3 Å². The summed E-state index contributed by atoms with van der Waals surface area (Å²) in [5.41, 5.74) is 0. The van der Waals surface area contributed by atoms with Crippen molar-refractivity contribution >= 4 is 42.6 Å². The Morgan fingerprint density at radius 1 is 0.746 bits per heavy atom. The molecule has 0 radical (unpaired) electrons. The van der Waals surface area contributed by atoms with Crippen LogP contribution in [0.4, 0.5) is 0 Å². The Balaban J connectivity index is 0.000000375. The number of benzene rings is 2. The molecule has 2 aliphatic heterocycles. The quantitative estimate of drug-likeness (QED) is 0.0675. The summed E-state index contributed by atoms with van der Waals surface area (Å²) in [6.07, 6.45) is -1.50. The first-order valence-electron chi connectivity index (χ1n) is 21.9. The standard InChI is InChI=1S/C29H52O7SSi2.C17H24O6S/c1-28(2,3)38(8,9)34-20-22(36-39(10,11)29(4,5)6)19-26-27(33-7)24(25(35-26)17-18-30)21-37(31,32)23-15-13-12-14-16-23;1-2-6-15-14(17(20)16(23-15)9-12(19)10-18)11-24(21,22)13-7-4-3-5-8-13/h12-16,18,22,24-27H,17,19-21H2,1-11H3;2-5,7-8,12,14-20H,1,6,9-11H2/t22-,24-,25-,26+,27+;12-,14-,15-,16+,17+/m00/s1. The first-order valence-corrected chi connectivity index (χ1v) is 31.0. The Morgan fingerprint density at radius 2 is 1.22 bits per heavy atom. The van der Waals surface area contributed by atoms with E-state index >= 15 is 0 Å². The van der Waals surface area contributed by atoms with Gasteiger partial charge in [0.25, 0.3) is 0 Å². The summed E-state index contributed by atoms with van der Waals surface area (Å²) < 4.78 is 83.3. The fourth-order valence-electron chi connectivity index (χ4n) is 7.45. The van der Waals surface area contributed by atoms with Crippen LogP contribution in [0.2, 0.25) is 36.3 Å². The second-order valence-electron chi connectivity index (χ2n) is 19.9. The van der Waals surface area contributed by atoms with E-state index in [1.807, 2.05) is 0 Å². The minimum absolute atomic E-state index is 0.00572. The van der Waals surface area contributed by atoms with Crippen LogP contribution in [0.3, 0.4) is 0 Å². The van der Waals surface area contributed by atoms with Gasteiger partial charge in [0.1, 0.15) is 6.29 Å². The topological polar surface area (TPSA) is 192 Å². The first-order chi connectivity index (χ1) is 29.1. The molecule has 2 aliphatic rings. The molecular formula is C46H76O13S2Si2. The number of rotatable bonds is 21. The van der Waals surface area contributed by atoms with Crippen LogP contribution in [0.5, 0.6) is 0 Å². The maximum Gasteiger partial charge on any atom is 0.192 e. The molecule has 0 spiro atoms. The number of hydrogen-bond donors (Lipinski definition) is 3. The lowest BCUT2D eigenvalue weighted by Gasteiger charge is -2.42. The zero-order chi connectivity index (χ0) is 47.6. The second kappa shape index (κ2) is 23.0. The molecule has 358 valence electrons. The van der Waals surface area contributed by atoms with Crippen molar-refractivity contribution in [2.24, 2.45) is 11.8 Å². The molecule has 3 N–H and O–H groups in total. The van der Waals surface area contributed by atoms with Gasteiger partial charge in [0.05, 0.1) is 83.3 Å². The maximum atomic E-state index is 13.3. The predicted octanol–water partition coefficient (Wildman–Crippen LogP) is 6.77. The molecule has 17 heteroatoms. The van der Waals surface area contributed by atoms with Gasteiger partial charge < -0.3 is 43.2 Å². The molecule has 13 nitrogen and oxygen atoms in total. The molecule has 10 atom stereocenters. The van der Waals surface area contributed by atoms with Crippen LogP contribution in [0.25, 0.3) is 0 Å². The van der Waals surface area contributed by atoms with Gasteiger partial charge in [-0.1, -0.05) is 84.0 Å². The number of methoxy groups -OCH3 is 1. The number of carbonyl (C=O) groups excluding carboxylic acids is 1. The molecule has 2 saturated heterocycles. The van der Waals surface area contributed by atoms with E-state index in [1.165, 1.54) is 12.1 Å². The number of hydrogen-bond acceptors (Lipinski definition) is 13. The zero-order valence-electron chi connectivity index (χ0n) is 39.3. The van der Waals surface area contributed by atoms with Crippen molar-refractivity contribution in [3.63, 3.8) is 0 Å². The predicted molar refractivity (Wildman–Crippen MR) is 251 cm³/mol. The lowest BCUT2D eigenvalue weighted by Crippen LogP contribution is -2.49. The van der Waals surface area contributed by atoms with Crippen molar-refractivity contribution in [2.45, 2.75) is 162 Å². The Labute approximate surface area is 380 Å². The highest BCUT2D eigenvalue weighted by molar-refractivity contribution is 7.91. The van der Waals surface area contributed by atoms with Crippen LogP contribution in [0.15, 0.2) is 83.1 Å². The summed E-state index contributed by atoms with van der Waals surface area (Å²) in [6.45, 7) is 25.8. The molecule has 0 unspecified atom stereocenters. The van der Waals surface area contributed by atoms with Gasteiger partial charge in [0, 0.05) is 38.2 Å². The number of sulfone groups is 2. The van der Waals surface area contributed by atoms with Crippen LogP contribution >= 0.6 is 0 Å². The zero-order valence-corrected chi connectivity index (χ0v) is 42.9. The van der Waals surface area contributed by atoms with E-state index in [0.717, 1.165) is 6.29 Å². The van der Waals surface area contributed by atoms with Gasteiger partial charge in [-0.2, -0.15) is 0 Å². The Kier molecular flexibility index (Phi) is 20.2. The molecule has 0 bridgehead atoms. The van der Waals surface area contributed by atoms with Crippen molar-refractivity contribution in [2.75, 3.05) is 31.8 Å². The average Bonchev–Trinajstić information content (AvgIpc) is 3.66. The molecule has 2 aromatic carbocycles. The first kappa shape index (κ1) is 55.2. The van der Waals surface area contributed by atoms with Gasteiger partial charge in [-0.15, -0.1) is 6.58 Å². The molecule has 4 rings (SSSR count). The SMILES string of the molecule is C=CC[C@@H]1O[C@H](C[C@H](O)CO)[C@H](O)[C@H]1CS(=O)(=O)c1ccccc1.CO[C@@H]1[C@@H](CS(=O)(=O)c2ccccc2)[C@H](CC=O)O[C@@H]1C[C@@H](CO[Si](C)(C)C(C)(C)C)O[Si](C)(C)C(C)(C)C. The van der Waals surface area contributed by atoms with Gasteiger partial charge in [-0.05, 0) is 67.0 Å². The highest BCUT2D eigenvalue weighted by Gasteiger charge is 2.49. The Morgan fingerprint density at radius 3 is 1.67 bits per heavy atom. The molecule has 2 aromatic rings. The Hall–Kier alpha value is -2.14. The second-order valence-corrected chi connectivity index (χ2v) is 33.6. The summed E-state index contributed by atoms with van der Waals surface area (Å²) in [4.78, 5) is 12.0. The van der Waals surface area contributed by atoms with Crippen LogP contribution in [-0.2, 0) is 47.5 Å². The fraction of sp³-hybridized carbons (Fsp3) is 0.674. The van der Waals surface area contributed by atoms with Gasteiger partial charge in [-0.3, -0.25) is 0 Å². The third kappa shape index (κ3) is 15.2. The van der Waals surface area contributed by atoms with E-state index in [2.05, 4.69) is 74.3 Å². The molecular weight excluding hydrogens is 881 g/mol. The minimum Gasteiger partial charge on any atom is -0.414 e. The number of ether oxygens (including phenoxy) is 3. The summed E-state index contributed by atoms with van der Waals surface area (Å²) in [7, 11) is -9.79. The number of aldehydes is 1. The lowest BCUT2D eigenvalue weighted by atomic mass is 9.94. The van der Waals surface area contributed by atoms with E-state index in [1.54, 1.807) is 61.7 Å². The van der Waals surface area contributed by atoms with Crippen LogP contribution < -0.4 is 0 Å². The number of aliphatic hydroxyl groups excluding tert-OH is 3. The summed E-state index contributed by atoms with van der Waals surface area (Å²) >= 11 is 0. The van der Waals surface area contributed by atoms with E-state index in [9.17, 15) is 31.8 Å². The van der Waals surface area contributed by atoms with E-state index in [4.69, 9.17) is 28.2 Å². The third-order valence-electron chi connectivity index (χ3n) is 13.2. The van der Waals surface area contributed by atoms with Crippen molar-refractivity contribution < 1.29 is 60.0 Å². The van der Waals surface area contributed by atoms with E-state index in [-0.39, 0.29) is 50.3 Å². The van der Waals surface area contributed by atoms with Crippen molar-refractivity contribution in [1.29, 1.82) is 0 Å². The largest absolute Gasteiger partial charge is 0.414 e. The molecule has 63 heavy (non-hydrogen) atoms. The highest BCUT2D eigenvalue weighted by atomic mass is 32.2. The number of aliphatic hydroxyl groups is 3. The fourth-order valence-corrected chi connectivity index (χ4v) is 13.2. The molecule has 0 aliphatic carbocycles. The van der Waals surface area contributed by atoms with Crippen LogP contribution in [0, 0.1) is 11.8 Å². The van der Waals surface area contributed by atoms with E-state index < -0.39 is 97.5 Å². The van der Waals surface area contributed by atoms with Crippen LogP contribution in [-0.4, -0.2) is 136 Å². The molecule has 2 heterocycles. The minimum atomic E-state index is -3.60. The van der Waals surface area contributed by atoms with Gasteiger partial charge in [-0.25, -0.2) is 16.8 Å². The molecule has 0 saturated carbocycles. The van der Waals surface area contributed by atoms with Gasteiger partial charge in [0.2, 0.25) is 0 Å². The molecule has 2 fully saturated rings. The third-order valence-corrected chi connectivity index (χ3v) is 25.9.